The molecule has 0 aliphatic heterocycles. The summed E-state index contributed by atoms with van der Waals surface area (Å²) in [4.78, 5) is 19.7. The zero-order valence-electron chi connectivity index (χ0n) is 5.79. The van der Waals surface area contributed by atoms with Crippen LogP contribution in [-0.4, -0.2) is 6.61 Å². The molecule has 0 aromatic carbocycles. The first-order valence-corrected chi connectivity index (χ1v) is 4.28. The predicted octanol–water partition coefficient (Wildman–Crippen LogP) is -7.02. The molecule has 7 heteroatoms. The molecule has 0 amide bonds. The number of hydrogen-bond acceptors (Lipinski definition) is 4. The normalized spacial score (nSPS) is 9.22. The van der Waals surface area contributed by atoms with Crippen LogP contribution in [0.5, 0.6) is 0 Å². The van der Waals surface area contributed by atoms with E-state index in [0.717, 1.165) is 0 Å². The van der Waals surface area contributed by atoms with Gasteiger partial charge in [-0.05, 0) is 6.92 Å². The Morgan fingerprint density at radius 1 is 1.44 bits per heavy atom. The number of hydrogen-bond donors (Lipinski definition) is 0. The molecule has 0 saturated carbocycles. The summed E-state index contributed by atoms with van der Waals surface area (Å²) in [6.07, 6.45) is 0. The smallest absolute Gasteiger partial charge is 0.812 e. The van der Waals surface area contributed by atoms with Gasteiger partial charge in [0.05, 0.1) is 0 Å². The molecule has 3 nitrogen and oxygen atoms in total. The summed E-state index contributed by atoms with van der Waals surface area (Å²) in [6, 6.07) is 0. The van der Waals surface area contributed by atoms with Crippen molar-refractivity contribution in [1.82, 2.24) is 0 Å². The summed E-state index contributed by atoms with van der Waals surface area (Å²) in [7, 11) is 0. The molecule has 0 saturated heterocycles. The third kappa shape index (κ3) is 17.7. The minimum Gasteiger partial charge on any atom is -0.812 e. The quantitative estimate of drug-likeness (QED) is 0.293. The van der Waals surface area contributed by atoms with Crippen LogP contribution in [0, 0.1) is 0 Å². The van der Waals surface area contributed by atoms with Gasteiger partial charge in [0.25, 0.3) is 0 Å². The Hall–Kier alpha value is 1.72. The van der Waals surface area contributed by atoms with E-state index < -0.39 is 6.72 Å². The molecule has 0 heterocycles. The molecule has 0 atom stereocenters. The molecule has 0 radical (unpaired) electrons. The maximum Gasteiger partial charge on any atom is 1.00 e. The van der Waals surface area contributed by atoms with Crippen molar-refractivity contribution in [3.8, 4) is 0 Å². The molecule has 0 aliphatic rings. The van der Waals surface area contributed by atoms with Gasteiger partial charge in [0.15, 0.2) is 0 Å². The minimum absolute atomic E-state index is 0. The largest absolute Gasteiger partial charge is 1.00 e. The monoisotopic (exact) mass is 154 g/mol. The fourth-order valence-electron chi connectivity index (χ4n) is 0.158. The SMILES string of the molecule is CCOP([O-])([O-])=S.[Li+].[Li+]. The summed E-state index contributed by atoms with van der Waals surface area (Å²) in [5.74, 6) is 0. The molecule has 44 valence electrons. The Balaban J connectivity index is -0.000000180. The molecule has 0 aromatic heterocycles. The second-order valence-electron chi connectivity index (χ2n) is 0.865. The molecule has 0 fully saturated rings. The van der Waals surface area contributed by atoms with E-state index in [9.17, 15) is 9.79 Å². The average Bonchev–Trinajstić information content (AvgIpc) is 1.30. The maximum absolute atomic E-state index is 9.85. The van der Waals surface area contributed by atoms with Crippen LogP contribution in [-0.2, 0) is 16.3 Å². The predicted molar refractivity (Wildman–Crippen MR) is 25.9 cm³/mol. The molecule has 9 heavy (non-hydrogen) atoms. The van der Waals surface area contributed by atoms with E-state index in [1.54, 1.807) is 6.92 Å². The van der Waals surface area contributed by atoms with Crippen LogP contribution in [0.2, 0.25) is 0 Å². The third-order valence-corrected chi connectivity index (χ3v) is 1.18. The summed E-state index contributed by atoms with van der Waals surface area (Å²) >= 11 is 3.86. The standard InChI is InChI=1S/C2H7O3PS.2Li/c1-2-5-6(3,4)7;;/h2H2,1H3,(H2,3,4,7);;/q;2*+1/p-2. The molecule has 0 rings (SSSR count). The fourth-order valence-corrected chi connectivity index (χ4v) is 0.791. The van der Waals surface area contributed by atoms with Gasteiger partial charge in [-0.25, -0.2) is 0 Å². The Bertz CT molecular complexity index is 93.8. The third-order valence-electron chi connectivity index (χ3n) is 0.287. The van der Waals surface area contributed by atoms with Crippen LogP contribution < -0.4 is 47.5 Å². The van der Waals surface area contributed by atoms with Crippen molar-refractivity contribution in [3.63, 3.8) is 0 Å². The molecule has 0 bridgehead atoms. The number of rotatable bonds is 2. The minimum atomic E-state index is -3.83. The molecule has 0 aliphatic carbocycles. The first kappa shape index (κ1) is 17.0. The van der Waals surface area contributed by atoms with E-state index in [4.69, 9.17) is 0 Å². The van der Waals surface area contributed by atoms with E-state index in [1.165, 1.54) is 0 Å². The van der Waals surface area contributed by atoms with Crippen molar-refractivity contribution in [1.29, 1.82) is 0 Å². The molecule has 0 aromatic rings. The van der Waals surface area contributed by atoms with Crippen molar-refractivity contribution < 1.29 is 52.0 Å². The molecular weight excluding hydrogens is 149 g/mol. The van der Waals surface area contributed by atoms with Crippen molar-refractivity contribution in [2.75, 3.05) is 6.61 Å². The summed E-state index contributed by atoms with van der Waals surface area (Å²) in [5, 5.41) is 0. The zero-order chi connectivity index (χ0) is 5.91. The second kappa shape index (κ2) is 7.83. The van der Waals surface area contributed by atoms with Crippen LogP contribution in [0.25, 0.3) is 0 Å². The fraction of sp³-hybridized carbons (Fsp3) is 1.00. The Morgan fingerprint density at radius 2 is 1.78 bits per heavy atom. The zero-order valence-corrected chi connectivity index (χ0v) is 7.50. The summed E-state index contributed by atoms with van der Waals surface area (Å²) < 4.78 is 4.04. The molecule has 0 spiro atoms. The van der Waals surface area contributed by atoms with Crippen molar-refractivity contribution >= 4 is 18.5 Å². The Labute approximate surface area is 83.8 Å². The van der Waals surface area contributed by atoms with Crippen LogP contribution in [0.3, 0.4) is 0 Å². The summed E-state index contributed by atoms with van der Waals surface area (Å²) in [5.41, 5.74) is 0. The van der Waals surface area contributed by atoms with E-state index >= 15 is 0 Å². The Morgan fingerprint density at radius 3 is 1.78 bits per heavy atom. The van der Waals surface area contributed by atoms with E-state index in [2.05, 4.69) is 16.3 Å². The van der Waals surface area contributed by atoms with Crippen LogP contribution in [0.1, 0.15) is 6.92 Å². The molecule has 0 unspecified atom stereocenters. The average molecular weight is 154 g/mol. The van der Waals surface area contributed by atoms with E-state index in [1.807, 2.05) is 0 Å². The van der Waals surface area contributed by atoms with Gasteiger partial charge in [0.1, 0.15) is 0 Å². The first-order valence-electron chi connectivity index (χ1n) is 1.73. The van der Waals surface area contributed by atoms with Crippen LogP contribution >= 0.6 is 6.72 Å². The van der Waals surface area contributed by atoms with Gasteiger partial charge in [-0.15, -0.1) is 11.8 Å². The topological polar surface area (TPSA) is 55.3 Å². The van der Waals surface area contributed by atoms with Gasteiger partial charge in [-0.2, -0.15) is 0 Å². The van der Waals surface area contributed by atoms with Crippen LogP contribution in [0.4, 0.5) is 0 Å². The van der Waals surface area contributed by atoms with Gasteiger partial charge in [0.2, 0.25) is 0 Å². The van der Waals surface area contributed by atoms with Gasteiger partial charge in [-0.1, -0.05) is 6.72 Å². The Kier molecular flexibility index (Phi) is 14.8. The second-order valence-corrected chi connectivity index (χ2v) is 3.36. The molecular formula is C2H5Li2O3PS. The maximum atomic E-state index is 9.85. The van der Waals surface area contributed by atoms with Crippen LogP contribution in [0.15, 0.2) is 0 Å². The van der Waals surface area contributed by atoms with Crippen molar-refractivity contribution in [2.45, 2.75) is 6.92 Å². The van der Waals surface area contributed by atoms with Gasteiger partial charge < -0.3 is 14.3 Å². The van der Waals surface area contributed by atoms with Crippen molar-refractivity contribution in [2.24, 2.45) is 0 Å². The van der Waals surface area contributed by atoms with Gasteiger partial charge >= 0.3 is 37.7 Å². The van der Waals surface area contributed by atoms with E-state index in [-0.39, 0.29) is 44.3 Å². The molecule has 0 N–H and O–H groups in total. The summed E-state index contributed by atoms with van der Waals surface area (Å²) in [6.45, 7) is -2.14. The van der Waals surface area contributed by atoms with Gasteiger partial charge in [0, 0.05) is 6.61 Å². The van der Waals surface area contributed by atoms with Gasteiger partial charge in [-0.3, -0.25) is 0 Å². The van der Waals surface area contributed by atoms with E-state index in [0.29, 0.717) is 0 Å². The first-order chi connectivity index (χ1) is 3.06. The van der Waals surface area contributed by atoms with Crippen molar-refractivity contribution in [3.05, 3.63) is 0 Å².